The topological polar surface area (TPSA) is 86.7 Å². The van der Waals surface area contributed by atoms with Gasteiger partial charge in [0.05, 0.1) is 23.4 Å². The summed E-state index contributed by atoms with van der Waals surface area (Å²) in [6, 6.07) is 7.24. The number of nitrogens with zero attached hydrogens (tertiary/aromatic N) is 1. The van der Waals surface area contributed by atoms with Crippen molar-refractivity contribution in [3.63, 3.8) is 0 Å². The number of nitrogens with one attached hydrogen (secondary N) is 1. The van der Waals surface area contributed by atoms with Crippen molar-refractivity contribution >= 4 is 34.5 Å². The third-order valence-electron chi connectivity index (χ3n) is 5.36. The summed E-state index contributed by atoms with van der Waals surface area (Å²) in [5, 5.41) is 9.72. The molecule has 1 aromatic carbocycles. The van der Waals surface area contributed by atoms with Crippen LogP contribution < -0.4 is 4.72 Å². The van der Waals surface area contributed by atoms with E-state index in [0.29, 0.717) is 23.2 Å². The van der Waals surface area contributed by atoms with Crippen LogP contribution in [0.15, 0.2) is 24.3 Å². The first-order valence-electron chi connectivity index (χ1n) is 10.8. The van der Waals surface area contributed by atoms with Crippen LogP contribution in [0.4, 0.5) is 0 Å². The second-order valence-electron chi connectivity index (χ2n) is 7.85. The van der Waals surface area contributed by atoms with Gasteiger partial charge in [0.25, 0.3) is 0 Å². The zero-order valence-electron chi connectivity index (χ0n) is 17.8. The minimum atomic E-state index is -1.13. The van der Waals surface area contributed by atoms with E-state index in [1.807, 2.05) is 36.1 Å². The van der Waals surface area contributed by atoms with E-state index in [4.69, 9.17) is 16.7 Å². The van der Waals surface area contributed by atoms with Crippen LogP contribution in [0.3, 0.4) is 0 Å². The van der Waals surface area contributed by atoms with Gasteiger partial charge in [-0.1, -0.05) is 44.0 Å². The van der Waals surface area contributed by atoms with Crippen molar-refractivity contribution in [2.75, 3.05) is 12.3 Å². The fourth-order valence-electron chi connectivity index (χ4n) is 3.77. The number of carbonyl (C=O) groups is 2. The molecule has 30 heavy (non-hydrogen) atoms. The lowest BCUT2D eigenvalue weighted by atomic mass is 9.96. The van der Waals surface area contributed by atoms with Gasteiger partial charge in [-0.15, -0.1) is 0 Å². The molecule has 1 aromatic rings. The maximum Gasteiger partial charge on any atom is 0.303 e. The van der Waals surface area contributed by atoms with Gasteiger partial charge in [-0.25, -0.2) is 8.93 Å². The van der Waals surface area contributed by atoms with Gasteiger partial charge in [-0.3, -0.25) is 9.59 Å². The lowest BCUT2D eigenvalue weighted by Crippen LogP contribution is -2.49. The van der Waals surface area contributed by atoms with Crippen molar-refractivity contribution in [1.29, 1.82) is 0 Å². The molecule has 3 unspecified atom stereocenters. The van der Waals surface area contributed by atoms with Crippen LogP contribution in [0, 0.1) is 5.92 Å². The molecule has 0 bridgehead atoms. The number of amides is 1. The zero-order valence-corrected chi connectivity index (χ0v) is 19.4. The van der Waals surface area contributed by atoms with Crippen molar-refractivity contribution in [2.45, 2.75) is 70.9 Å². The van der Waals surface area contributed by atoms with Gasteiger partial charge in [0.15, 0.2) is 0 Å². The van der Waals surface area contributed by atoms with Crippen molar-refractivity contribution in [1.82, 2.24) is 9.62 Å². The van der Waals surface area contributed by atoms with E-state index in [9.17, 15) is 13.8 Å². The first kappa shape index (κ1) is 24.8. The van der Waals surface area contributed by atoms with Crippen molar-refractivity contribution in [3.05, 3.63) is 34.9 Å². The molecular weight excluding hydrogens is 424 g/mol. The Morgan fingerprint density at radius 1 is 1.20 bits per heavy atom. The van der Waals surface area contributed by atoms with Gasteiger partial charge in [0.2, 0.25) is 5.91 Å². The van der Waals surface area contributed by atoms with E-state index in [-0.39, 0.29) is 30.8 Å². The Bertz CT molecular complexity index is 724. The van der Waals surface area contributed by atoms with E-state index in [1.165, 1.54) is 0 Å². The maximum absolute atomic E-state index is 13.3. The summed E-state index contributed by atoms with van der Waals surface area (Å²) >= 11 is 6.07. The largest absolute Gasteiger partial charge is 0.481 e. The quantitative estimate of drug-likeness (QED) is 0.436. The Hall–Kier alpha value is -1.44. The molecule has 8 heteroatoms. The lowest BCUT2D eigenvalue weighted by Gasteiger charge is -2.39. The number of carboxylic acids is 1. The maximum atomic E-state index is 13.3. The Labute approximate surface area is 187 Å². The standard InChI is InChI=1S/C22H33ClN2O4S/c1-3-5-19(16-8-10-18(23)11-9-16)25(21(26)12-13-22(27)28)20(17-6-7-17)15-24-30(29)14-4-2/h8-11,17,19-20,24H,3-7,12-15H2,1-2H3,(H,27,28). The number of rotatable bonds is 14. The number of hydrogen-bond donors (Lipinski definition) is 2. The molecule has 0 spiro atoms. The molecule has 2 N–H and O–H groups in total. The first-order valence-corrected chi connectivity index (χ1v) is 12.5. The molecule has 0 heterocycles. The molecule has 1 aliphatic carbocycles. The van der Waals surface area contributed by atoms with Gasteiger partial charge in [-0.05, 0) is 49.3 Å². The lowest BCUT2D eigenvalue weighted by molar-refractivity contribution is -0.143. The second kappa shape index (κ2) is 12.4. The molecule has 0 aliphatic heterocycles. The number of halogens is 1. The average molecular weight is 457 g/mol. The van der Waals surface area contributed by atoms with Gasteiger partial charge < -0.3 is 10.0 Å². The Morgan fingerprint density at radius 3 is 2.40 bits per heavy atom. The molecule has 1 amide bonds. The average Bonchev–Trinajstić information content (AvgIpc) is 3.54. The Balaban J connectivity index is 2.33. The van der Waals surface area contributed by atoms with Gasteiger partial charge >= 0.3 is 5.97 Å². The van der Waals surface area contributed by atoms with E-state index in [0.717, 1.165) is 37.7 Å². The first-order chi connectivity index (χ1) is 14.4. The highest BCUT2D eigenvalue weighted by Gasteiger charge is 2.40. The van der Waals surface area contributed by atoms with Gasteiger partial charge in [0.1, 0.15) is 0 Å². The highest BCUT2D eigenvalue weighted by atomic mass is 35.5. The predicted octanol–water partition coefficient (Wildman–Crippen LogP) is 4.32. The summed E-state index contributed by atoms with van der Waals surface area (Å²) in [4.78, 5) is 26.3. The molecule has 1 aliphatic rings. The summed E-state index contributed by atoms with van der Waals surface area (Å²) in [5.74, 6) is -0.228. The Kier molecular flexibility index (Phi) is 10.3. The normalized spacial score (nSPS) is 16.6. The monoisotopic (exact) mass is 456 g/mol. The molecule has 1 saturated carbocycles. The number of carboxylic acid groups (broad SMARTS) is 1. The SMILES string of the molecule is CCCC(c1ccc(Cl)cc1)N(C(=O)CCC(=O)O)C(CNS(=O)CCC)C1CC1. The van der Waals surface area contributed by atoms with Crippen molar-refractivity contribution in [2.24, 2.45) is 5.92 Å². The highest BCUT2D eigenvalue weighted by Crippen LogP contribution is 2.40. The minimum absolute atomic E-state index is 0.0373. The third-order valence-corrected chi connectivity index (χ3v) is 6.88. The third kappa shape index (κ3) is 7.67. The summed E-state index contributed by atoms with van der Waals surface area (Å²) in [6.07, 6.45) is 4.28. The van der Waals surface area contributed by atoms with Crippen LogP contribution in [0.25, 0.3) is 0 Å². The predicted molar refractivity (Wildman–Crippen MR) is 121 cm³/mol. The summed E-state index contributed by atoms with van der Waals surface area (Å²) < 4.78 is 15.3. The second-order valence-corrected chi connectivity index (χ2v) is 9.68. The molecule has 1 fully saturated rings. The highest BCUT2D eigenvalue weighted by molar-refractivity contribution is 7.83. The fraction of sp³-hybridized carbons (Fsp3) is 0.636. The number of aliphatic carboxylic acids is 1. The van der Waals surface area contributed by atoms with Crippen LogP contribution in [0.1, 0.15) is 70.4 Å². The van der Waals surface area contributed by atoms with Gasteiger partial charge in [-0.2, -0.15) is 0 Å². The minimum Gasteiger partial charge on any atom is -0.481 e. The summed E-state index contributed by atoms with van der Waals surface area (Å²) in [6.45, 7) is 4.50. The molecule has 0 saturated heterocycles. The van der Waals surface area contributed by atoms with E-state index < -0.39 is 17.0 Å². The number of benzene rings is 1. The smallest absolute Gasteiger partial charge is 0.303 e. The van der Waals surface area contributed by atoms with Crippen LogP contribution in [-0.4, -0.2) is 44.4 Å². The van der Waals surface area contributed by atoms with Crippen molar-refractivity contribution in [3.8, 4) is 0 Å². The summed E-state index contributed by atoms with van der Waals surface area (Å²) in [5.41, 5.74) is 0.991. The molecule has 6 nitrogen and oxygen atoms in total. The van der Waals surface area contributed by atoms with E-state index in [1.54, 1.807) is 0 Å². The molecule has 3 atom stereocenters. The van der Waals surface area contributed by atoms with E-state index >= 15 is 0 Å². The summed E-state index contributed by atoms with van der Waals surface area (Å²) in [7, 11) is -1.13. The molecule has 2 rings (SSSR count). The molecule has 168 valence electrons. The van der Waals surface area contributed by atoms with Crippen LogP contribution in [-0.2, 0) is 20.6 Å². The van der Waals surface area contributed by atoms with Gasteiger partial charge in [0, 0.05) is 29.8 Å². The number of carbonyl (C=O) groups excluding carboxylic acids is 1. The van der Waals surface area contributed by atoms with E-state index in [2.05, 4.69) is 11.6 Å². The fourth-order valence-corrected chi connectivity index (χ4v) is 4.76. The van der Waals surface area contributed by atoms with Crippen LogP contribution >= 0.6 is 11.6 Å². The molecule has 0 aromatic heterocycles. The molecule has 0 radical (unpaired) electrons. The zero-order chi connectivity index (χ0) is 22.1. The Morgan fingerprint density at radius 2 is 1.87 bits per heavy atom. The van der Waals surface area contributed by atoms with Crippen molar-refractivity contribution < 1.29 is 18.9 Å². The molecular formula is C22H33ClN2O4S. The van der Waals surface area contributed by atoms with Crippen LogP contribution in [0.2, 0.25) is 5.02 Å². The van der Waals surface area contributed by atoms with Crippen LogP contribution in [0.5, 0.6) is 0 Å². The number of hydrogen-bond acceptors (Lipinski definition) is 3.